The third-order valence-electron chi connectivity index (χ3n) is 6.01. The lowest BCUT2D eigenvalue weighted by atomic mass is 9.95. The van der Waals surface area contributed by atoms with Crippen LogP contribution in [0.4, 0.5) is 0 Å². The van der Waals surface area contributed by atoms with Gasteiger partial charge in [-0.2, -0.15) is 9.78 Å². The fourth-order valence-corrected chi connectivity index (χ4v) is 4.97. The van der Waals surface area contributed by atoms with Gasteiger partial charge in [0, 0.05) is 31.1 Å². The highest BCUT2D eigenvalue weighted by molar-refractivity contribution is 9.10. The summed E-state index contributed by atoms with van der Waals surface area (Å²) >= 11 is 15.9. The highest BCUT2D eigenvalue weighted by atomic mass is 79.9. The fraction of sp³-hybridized carbons (Fsp3) is 0.258. The zero-order chi connectivity index (χ0) is 29.0. The predicted octanol–water partition coefficient (Wildman–Crippen LogP) is 8.35. The van der Waals surface area contributed by atoms with Crippen LogP contribution in [0, 0.1) is 0 Å². The van der Waals surface area contributed by atoms with Crippen molar-refractivity contribution in [2.45, 2.75) is 46.1 Å². The Hall–Kier alpha value is -3.13. The summed E-state index contributed by atoms with van der Waals surface area (Å²) in [6.45, 7) is 12.5. The first-order valence-corrected chi connectivity index (χ1v) is 14.3. The van der Waals surface area contributed by atoms with E-state index < -0.39 is 5.41 Å². The summed E-state index contributed by atoms with van der Waals surface area (Å²) in [4.78, 5) is 18.3. The molecule has 4 rings (SSSR count). The maximum atomic E-state index is 13.5. The molecule has 0 aliphatic rings. The van der Waals surface area contributed by atoms with Gasteiger partial charge in [-0.1, -0.05) is 72.0 Å². The lowest BCUT2D eigenvalue weighted by Gasteiger charge is -2.21. The number of hydrogen-bond donors (Lipinski definition) is 0. The molecule has 1 heterocycles. The van der Waals surface area contributed by atoms with E-state index in [0.717, 1.165) is 21.2 Å². The normalized spacial score (nSPS) is 11.8. The number of aromatic nitrogens is 2. The summed E-state index contributed by atoms with van der Waals surface area (Å²) in [7, 11) is 0. The molecular formula is C31H30BrCl2N3O3. The zero-order valence-electron chi connectivity index (χ0n) is 22.8. The first-order valence-electron chi connectivity index (χ1n) is 12.8. The minimum Gasteiger partial charge on any atom is -0.490 e. The molecule has 0 N–H and O–H groups in total. The Balaban J connectivity index is 1.78. The Morgan fingerprint density at radius 3 is 2.52 bits per heavy atom. The number of ether oxygens (including phenoxy) is 2. The van der Waals surface area contributed by atoms with Gasteiger partial charge in [0.05, 0.1) is 23.7 Å². The molecule has 3 aromatic carbocycles. The van der Waals surface area contributed by atoms with Crippen molar-refractivity contribution >= 4 is 56.2 Å². The van der Waals surface area contributed by atoms with Crippen molar-refractivity contribution in [1.29, 1.82) is 0 Å². The van der Waals surface area contributed by atoms with Gasteiger partial charge in [-0.25, -0.2) is 4.98 Å². The molecule has 1 aromatic heterocycles. The predicted molar refractivity (Wildman–Crippen MR) is 168 cm³/mol. The van der Waals surface area contributed by atoms with Gasteiger partial charge in [-0.3, -0.25) is 4.79 Å². The molecule has 9 heteroatoms. The lowest BCUT2D eigenvalue weighted by molar-refractivity contribution is 0.267. The summed E-state index contributed by atoms with van der Waals surface area (Å²) in [6.07, 6.45) is 3.96. The van der Waals surface area contributed by atoms with Crippen LogP contribution in [0.15, 0.2) is 75.6 Å². The minimum atomic E-state index is -0.428. The summed E-state index contributed by atoms with van der Waals surface area (Å²) in [5.41, 5.74) is 2.34. The Labute approximate surface area is 252 Å². The van der Waals surface area contributed by atoms with E-state index >= 15 is 0 Å². The number of allylic oxidation sites excluding steroid dienone is 1. The molecule has 0 amide bonds. The van der Waals surface area contributed by atoms with Crippen molar-refractivity contribution in [3.63, 3.8) is 0 Å². The van der Waals surface area contributed by atoms with E-state index in [9.17, 15) is 4.79 Å². The average Bonchev–Trinajstić information content (AvgIpc) is 2.88. The van der Waals surface area contributed by atoms with Crippen molar-refractivity contribution < 1.29 is 9.47 Å². The summed E-state index contributed by atoms with van der Waals surface area (Å²) in [6, 6.07) is 14.5. The second kappa shape index (κ2) is 12.6. The zero-order valence-corrected chi connectivity index (χ0v) is 25.9. The van der Waals surface area contributed by atoms with E-state index in [1.54, 1.807) is 30.5 Å². The molecular weight excluding hydrogens is 613 g/mol. The molecule has 0 atom stereocenters. The molecule has 0 saturated carbocycles. The Morgan fingerprint density at radius 1 is 1.07 bits per heavy atom. The van der Waals surface area contributed by atoms with E-state index in [-0.39, 0.29) is 12.2 Å². The highest BCUT2D eigenvalue weighted by Crippen LogP contribution is 2.35. The van der Waals surface area contributed by atoms with Crippen LogP contribution in [0.5, 0.6) is 11.5 Å². The second-order valence-electron chi connectivity index (χ2n) is 10.2. The van der Waals surface area contributed by atoms with Crippen LogP contribution >= 0.6 is 39.1 Å². The molecule has 0 bridgehead atoms. The standard InChI is InChI=1S/C31H30BrCl2N3O3/c1-6-8-20-13-19(14-27(39-7-2)28(20)40-18-21-9-11-23(33)16-25(21)34)17-35-37-29(38)24-15-22(32)10-12-26(24)36-30(37)31(3,4)5/h6,9-17H,1,7-8,18H2,2-5H3. The number of fused-ring (bicyclic) bond motifs is 1. The molecule has 0 radical (unpaired) electrons. The molecule has 208 valence electrons. The minimum absolute atomic E-state index is 0.232. The second-order valence-corrected chi connectivity index (χ2v) is 11.9. The molecule has 0 unspecified atom stereocenters. The van der Waals surface area contributed by atoms with E-state index in [0.29, 0.717) is 51.3 Å². The number of halogens is 3. The highest BCUT2D eigenvalue weighted by Gasteiger charge is 2.23. The van der Waals surface area contributed by atoms with Crippen LogP contribution in [-0.4, -0.2) is 22.5 Å². The van der Waals surface area contributed by atoms with Gasteiger partial charge in [-0.15, -0.1) is 6.58 Å². The van der Waals surface area contributed by atoms with Crippen molar-refractivity contribution in [2.24, 2.45) is 5.10 Å². The molecule has 4 aromatic rings. The van der Waals surface area contributed by atoms with Gasteiger partial charge >= 0.3 is 0 Å². The third-order valence-corrected chi connectivity index (χ3v) is 7.09. The van der Waals surface area contributed by atoms with Crippen LogP contribution in [0.2, 0.25) is 10.0 Å². The number of rotatable bonds is 9. The number of hydrogen-bond acceptors (Lipinski definition) is 5. The van der Waals surface area contributed by atoms with E-state index in [1.807, 2.05) is 58.0 Å². The fourth-order valence-electron chi connectivity index (χ4n) is 4.15. The Kier molecular flexibility index (Phi) is 9.39. The molecule has 0 fully saturated rings. The van der Waals surface area contributed by atoms with Gasteiger partial charge in [-0.05, 0) is 61.4 Å². The van der Waals surface area contributed by atoms with Crippen molar-refractivity contribution in [3.05, 3.63) is 109 Å². The summed E-state index contributed by atoms with van der Waals surface area (Å²) in [5.74, 6) is 1.70. The van der Waals surface area contributed by atoms with E-state index in [4.69, 9.17) is 37.7 Å². The van der Waals surface area contributed by atoms with Crippen molar-refractivity contribution in [2.75, 3.05) is 6.61 Å². The van der Waals surface area contributed by atoms with Crippen LogP contribution < -0.4 is 15.0 Å². The van der Waals surface area contributed by atoms with Crippen molar-refractivity contribution in [1.82, 2.24) is 9.66 Å². The maximum Gasteiger partial charge on any atom is 0.282 e. The van der Waals surface area contributed by atoms with Gasteiger partial charge in [0.25, 0.3) is 5.56 Å². The van der Waals surface area contributed by atoms with E-state index in [1.165, 1.54) is 4.68 Å². The lowest BCUT2D eigenvalue weighted by Crippen LogP contribution is -2.29. The largest absolute Gasteiger partial charge is 0.490 e. The van der Waals surface area contributed by atoms with Gasteiger partial charge in [0.1, 0.15) is 12.4 Å². The molecule has 0 aliphatic heterocycles. The van der Waals surface area contributed by atoms with Crippen molar-refractivity contribution in [3.8, 4) is 11.5 Å². The van der Waals surface area contributed by atoms with Crippen LogP contribution in [0.1, 0.15) is 50.2 Å². The topological polar surface area (TPSA) is 65.7 Å². The molecule has 6 nitrogen and oxygen atoms in total. The Bertz CT molecular complexity index is 1660. The summed E-state index contributed by atoms with van der Waals surface area (Å²) < 4.78 is 14.4. The SMILES string of the molecule is C=CCc1cc(C=Nn2c(C(C)(C)C)nc3ccc(Br)cc3c2=O)cc(OCC)c1OCc1ccc(Cl)cc1Cl. The van der Waals surface area contributed by atoms with Gasteiger partial charge < -0.3 is 9.47 Å². The maximum absolute atomic E-state index is 13.5. The average molecular weight is 643 g/mol. The molecule has 40 heavy (non-hydrogen) atoms. The Morgan fingerprint density at radius 2 is 1.85 bits per heavy atom. The van der Waals surface area contributed by atoms with Gasteiger partial charge in [0.2, 0.25) is 0 Å². The van der Waals surface area contributed by atoms with Crippen LogP contribution in [0.25, 0.3) is 10.9 Å². The van der Waals surface area contributed by atoms with Crippen LogP contribution in [-0.2, 0) is 18.4 Å². The summed E-state index contributed by atoms with van der Waals surface area (Å²) in [5, 5.41) is 6.18. The third kappa shape index (κ3) is 6.77. The van der Waals surface area contributed by atoms with E-state index in [2.05, 4.69) is 27.6 Å². The molecule has 0 saturated heterocycles. The molecule has 0 spiro atoms. The van der Waals surface area contributed by atoms with Crippen LogP contribution in [0.3, 0.4) is 0 Å². The molecule has 0 aliphatic carbocycles. The first kappa shape index (κ1) is 29.8. The quantitative estimate of drug-likeness (QED) is 0.136. The number of benzene rings is 3. The number of nitrogens with zero attached hydrogens (tertiary/aromatic N) is 3. The smallest absolute Gasteiger partial charge is 0.282 e. The first-order chi connectivity index (χ1) is 19.0. The monoisotopic (exact) mass is 641 g/mol. The van der Waals surface area contributed by atoms with Gasteiger partial charge in [0.15, 0.2) is 11.5 Å².